The smallest absolute Gasteiger partial charge is 0.357 e. The van der Waals surface area contributed by atoms with E-state index in [0.717, 1.165) is 37.9 Å². The zero-order chi connectivity index (χ0) is 21.7. The van der Waals surface area contributed by atoms with Gasteiger partial charge in [-0.05, 0) is 43.9 Å². The topological polar surface area (TPSA) is 65.0 Å². The van der Waals surface area contributed by atoms with Gasteiger partial charge in [0.1, 0.15) is 0 Å². The number of alkyl halides is 3. The van der Waals surface area contributed by atoms with E-state index < -0.39 is 15.5 Å². The number of nitrogens with zero attached hydrogens (tertiary/aromatic N) is 3. The Kier molecular flexibility index (Phi) is 8.63. The van der Waals surface area contributed by atoms with Crippen molar-refractivity contribution < 1.29 is 21.6 Å². The molecule has 0 aromatic heterocycles. The summed E-state index contributed by atoms with van der Waals surface area (Å²) < 4.78 is 61.7. The van der Waals surface area contributed by atoms with E-state index in [1.54, 1.807) is 0 Å². The molecule has 0 saturated carbocycles. The van der Waals surface area contributed by atoms with Gasteiger partial charge in [0, 0.05) is 39.3 Å². The van der Waals surface area contributed by atoms with Crippen molar-refractivity contribution in [3.05, 3.63) is 0 Å². The molecule has 2 fully saturated rings. The van der Waals surface area contributed by atoms with Crippen LogP contribution in [0.25, 0.3) is 0 Å². The van der Waals surface area contributed by atoms with E-state index in [1.165, 1.54) is 12.8 Å². The maximum absolute atomic E-state index is 12.7. The molecule has 0 bridgehead atoms. The summed E-state index contributed by atoms with van der Waals surface area (Å²) >= 11 is 0. The normalized spacial score (nSPS) is 23.2. The maximum atomic E-state index is 12.7. The Morgan fingerprint density at radius 2 is 1.72 bits per heavy atom. The van der Waals surface area contributed by atoms with Crippen molar-refractivity contribution in [2.24, 2.45) is 22.7 Å². The van der Waals surface area contributed by atoms with Crippen LogP contribution in [-0.2, 0) is 10.0 Å². The molecule has 1 N–H and O–H groups in total. The third kappa shape index (κ3) is 5.99. The Bertz CT molecular complexity index is 642. The quantitative estimate of drug-likeness (QED) is 0.488. The standard InChI is InChI=1S/C19H35F3N4O2S/c1-4-16(5-2)17-9-10-25(14-17)18(23-6-3)24-13-15-7-11-26(12-8-15)29(27,28)19(20,21)22/h15-17H,4-14H2,1-3H3,(H,23,24). The molecular formula is C19H35F3N4O2S. The highest BCUT2D eigenvalue weighted by atomic mass is 32.2. The monoisotopic (exact) mass is 440 g/mol. The van der Waals surface area contributed by atoms with Gasteiger partial charge in [-0.1, -0.05) is 26.7 Å². The fraction of sp³-hybridized carbons (Fsp3) is 0.947. The summed E-state index contributed by atoms with van der Waals surface area (Å²) in [6, 6.07) is 0. The van der Waals surface area contributed by atoms with Crippen LogP contribution in [0.2, 0.25) is 0 Å². The van der Waals surface area contributed by atoms with E-state index in [-0.39, 0.29) is 19.0 Å². The summed E-state index contributed by atoms with van der Waals surface area (Å²) in [7, 11) is -5.22. The number of piperidine rings is 1. The van der Waals surface area contributed by atoms with Crippen molar-refractivity contribution in [2.75, 3.05) is 39.3 Å². The molecule has 0 aromatic carbocycles. The summed E-state index contributed by atoms with van der Waals surface area (Å²) in [4.78, 5) is 7.03. The van der Waals surface area contributed by atoms with E-state index in [9.17, 15) is 21.6 Å². The predicted molar refractivity (Wildman–Crippen MR) is 109 cm³/mol. The van der Waals surface area contributed by atoms with E-state index in [1.807, 2.05) is 6.92 Å². The minimum Gasteiger partial charge on any atom is -0.357 e. The molecule has 29 heavy (non-hydrogen) atoms. The van der Waals surface area contributed by atoms with Gasteiger partial charge < -0.3 is 10.2 Å². The molecule has 0 aromatic rings. The van der Waals surface area contributed by atoms with Crippen LogP contribution in [0.5, 0.6) is 0 Å². The molecular weight excluding hydrogens is 405 g/mol. The molecule has 1 atom stereocenters. The Hall–Kier alpha value is -1.03. The zero-order valence-electron chi connectivity index (χ0n) is 17.7. The summed E-state index contributed by atoms with van der Waals surface area (Å²) in [6.07, 6.45) is 4.32. The molecule has 0 radical (unpaired) electrons. The van der Waals surface area contributed by atoms with Gasteiger partial charge in [0.25, 0.3) is 0 Å². The predicted octanol–water partition coefficient (Wildman–Crippen LogP) is 3.27. The van der Waals surface area contributed by atoms with Crippen molar-refractivity contribution in [1.29, 1.82) is 0 Å². The first kappa shape index (κ1) is 24.2. The Morgan fingerprint density at radius 1 is 1.10 bits per heavy atom. The molecule has 170 valence electrons. The number of sulfonamides is 1. The van der Waals surface area contributed by atoms with Crippen molar-refractivity contribution >= 4 is 16.0 Å². The Balaban J connectivity index is 1.92. The molecule has 0 aliphatic carbocycles. The van der Waals surface area contributed by atoms with Crippen LogP contribution in [-0.4, -0.2) is 68.4 Å². The number of halogens is 3. The molecule has 2 heterocycles. The molecule has 1 unspecified atom stereocenters. The SMILES string of the molecule is CCNC(=NCC1CCN(S(=O)(=O)C(F)(F)F)CC1)N1CCC(C(CC)CC)C1. The fourth-order valence-corrected chi connectivity index (χ4v) is 5.42. The van der Waals surface area contributed by atoms with Crippen LogP contribution in [0.3, 0.4) is 0 Å². The number of hydrogen-bond donors (Lipinski definition) is 1. The highest BCUT2D eigenvalue weighted by Gasteiger charge is 2.50. The van der Waals surface area contributed by atoms with Gasteiger partial charge in [-0.3, -0.25) is 4.99 Å². The minimum absolute atomic E-state index is 0.0979. The van der Waals surface area contributed by atoms with Crippen LogP contribution in [0.15, 0.2) is 4.99 Å². The second kappa shape index (κ2) is 10.3. The molecule has 2 rings (SSSR count). The van der Waals surface area contributed by atoms with Gasteiger partial charge in [0.2, 0.25) is 0 Å². The van der Waals surface area contributed by atoms with Crippen molar-refractivity contribution in [2.45, 2.75) is 58.4 Å². The van der Waals surface area contributed by atoms with Gasteiger partial charge in [0.05, 0.1) is 0 Å². The zero-order valence-corrected chi connectivity index (χ0v) is 18.5. The number of hydrogen-bond acceptors (Lipinski definition) is 3. The molecule has 0 amide bonds. The van der Waals surface area contributed by atoms with E-state index in [0.29, 0.717) is 29.6 Å². The average molecular weight is 441 g/mol. The number of likely N-dealkylation sites (tertiary alicyclic amines) is 1. The summed E-state index contributed by atoms with van der Waals surface area (Å²) in [6.45, 7) is 9.52. The van der Waals surface area contributed by atoms with E-state index in [4.69, 9.17) is 4.99 Å². The lowest BCUT2D eigenvalue weighted by Gasteiger charge is -2.31. The molecule has 10 heteroatoms. The lowest BCUT2D eigenvalue weighted by atomic mass is 9.87. The first-order valence-corrected chi connectivity index (χ1v) is 12.2. The maximum Gasteiger partial charge on any atom is 0.511 e. The summed E-state index contributed by atoms with van der Waals surface area (Å²) in [5, 5.41) is 3.33. The van der Waals surface area contributed by atoms with Gasteiger partial charge in [-0.25, -0.2) is 8.42 Å². The third-order valence-electron chi connectivity index (χ3n) is 6.28. The van der Waals surface area contributed by atoms with Crippen molar-refractivity contribution in [1.82, 2.24) is 14.5 Å². The lowest BCUT2D eigenvalue weighted by Crippen LogP contribution is -2.45. The molecule has 2 aliphatic rings. The first-order valence-electron chi connectivity index (χ1n) is 10.7. The van der Waals surface area contributed by atoms with Crippen LogP contribution in [0, 0.1) is 17.8 Å². The largest absolute Gasteiger partial charge is 0.511 e. The molecule has 0 spiro atoms. The lowest BCUT2D eigenvalue weighted by molar-refractivity contribution is -0.0496. The van der Waals surface area contributed by atoms with E-state index >= 15 is 0 Å². The fourth-order valence-electron chi connectivity index (χ4n) is 4.44. The third-order valence-corrected chi connectivity index (χ3v) is 7.91. The van der Waals surface area contributed by atoms with E-state index in [2.05, 4.69) is 24.1 Å². The highest BCUT2D eigenvalue weighted by molar-refractivity contribution is 7.90. The summed E-state index contributed by atoms with van der Waals surface area (Å²) in [5.74, 6) is 2.36. The van der Waals surface area contributed by atoms with Crippen LogP contribution < -0.4 is 5.32 Å². The van der Waals surface area contributed by atoms with Crippen molar-refractivity contribution in [3.8, 4) is 0 Å². The first-order chi connectivity index (χ1) is 13.6. The summed E-state index contributed by atoms with van der Waals surface area (Å²) in [5.41, 5.74) is -5.22. The number of aliphatic imine (C=N–C) groups is 1. The highest BCUT2D eigenvalue weighted by Crippen LogP contribution is 2.31. The Labute approximate surface area is 173 Å². The second-order valence-electron chi connectivity index (χ2n) is 8.06. The van der Waals surface area contributed by atoms with Gasteiger partial charge in [0.15, 0.2) is 5.96 Å². The van der Waals surface area contributed by atoms with Crippen molar-refractivity contribution in [3.63, 3.8) is 0 Å². The van der Waals surface area contributed by atoms with Crippen LogP contribution in [0.1, 0.15) is 52.9 Å². The van der Waals surface area contributed by atoms with Crippen LogP contribution >= 0.6 is 0 Å². The molecule has 2 aliphatic heterocycles. The van der Waals surface area contributed by atoms with Gasteiger partial charge >= 0.3 is 15.5 Å². The van der Waals surface area contributed by atoms with Gasteiger partial charge in [-0.2, -0.15) is 17.5 Å². The second-order valence-corrected chi connectivity index (χ2v) is 9.99. The minimum atomic E-state index is -5.22. The average Bonchev–Trinajstić information content (AvgIpc) is 3.15. The Morgan fingerprint density at radius 3 is 2.24 bits per heavy atom. The molecule has 2 saturated heterocycles. The number of nitrogens with one attached hydrogen (secondary N) is 1. The molecule has 6 nitrogen and oxygen atoms in total. The van der Waals surface area contributed by atoms with Crippen LogP contribution in [0.4, 0.5) is 13.2 Å². The number of rotatable bonds is 7. The van der Waals surface area contributed by atoms with Gasteiger partial charge in [-0.15, -0.1) is 0 Å². The number of guanidine groups is 1.